The highest BCUT2D eigenvalue weighted by Crippen LogP contribution is 2.32. The first-order valence-electron chi connectivity index (χ1n) is 20.5. The van der Waals surface area contributed by atoms with Crippen LogP contribution in [0.3, 0.4) is 0 Å². The molecule has 0 N–H and O–H groups in total. The average molecular weight is 861 g/mol. The van der Waals surface area contributed by atoms with Gasteiger partial charge in [0.15, 0.2) is 12.2 Å². The Bertz CT molecular complexity index is 2210. The Labute approximate surface area is 364 Å². The van der Waals surface area contributed by atoms with E-state index in [0.717, 1.165) is 41.0 Å². The number of hydrogen-bond donors (Lipinski definition) is 0. The van der Waals surface area contributed by atoms with E-state index in [0.29, 0.717) is 50.4 Å². The van der Waals surface area contributed by atoms with Gasteiger partial charge in [0.25, 0.3) is 0 Å². The smallest absolute Gasteiger partial charge is 0.343 e. The molecule has 0 aromatic heterocycles. The number of esters is 5. The van der Waals surface area contributed by atoms with Gasteiger partial charge in [-0.15, -0.1) is 0 Å². The lowest BCUT2D eigenvalue weighted by Crippen LogP contribution is -2.35. The van der Waals surface area contributed by atoms with Gasteiger partial charge in [-0.1, -0.05) is 49.6 Å². The Morgan fingerprint density at radius 2 is 0.968 bits per heavy atom. The van der Waals surface area contributed by atoms with Crippen molar-refractivity contribution in [3.63, 3.8) is 0 Å². The van der Waals surface area contributed by atoms with Crippen molar-refractivity contribution < 1.29 is 66.6 Å². The molecule has 4 aromatic carbocycles. The van der Waals surface area contributed by atoms with E-state index in [-0.39, 0.29) is 31.1 Å². The maximum atomic E-state index is 13.0. The molecule has 0 aliphatic carbocycles. The minimum atomic E-state index is -0.720. The summed E-state index contributed by atoms with van der Waals surface area (Å²) in [6.45, 7) is 8.40. The summed E-state index contributed by atoms with van der Waals surface area (Å²) < 4.78 is 49.9. The van der Waals surface area contributed by atoms with Gasteiger partial charge < -0.3 is 42.6 Å². The fourth-order valence-electron chi connectivity index (χ4n) is 6.48. The molecule has 328 valence electrons. The summed E-state index contributed by atoms with van der Waals surface area (Å²) in [5.41, 5.74) is 3.34. The normalized spacial score (nSPS) is 17.5. The van der Waals surface area contributed by atoms with E-state index in [1.54, 1.807) is 30.3 Å². The first-order chi connectivity index (χ1) is 30.7. The zero-order valence-corrected chi connectivity index (χ0v) is 34.6. The predicted octanol–water partition coefficient (Wildman–Crippen LogP) is 7.30. The third-order valence-electron chi connectivity index (χ3n) is 9.83. The molecule has 0 bridgehead atoms. The van der Waals surface area contributed by atoms with E-state index in [9.17, 15) is 24.0 Å². The molecule has 2 fully saturated rings. The molecule has 4 aromatic rings. The molecule has 6 rings (SSSR count). The number of carbonyl (C=O) groups excluding carboxylic acids is 5. The summed E-state index contributed by atoms with van der Waals surface area (Å²) in [6, 6.07) is 27.9. The van der Waals surface area contributed by atoms with E-state index >= 15 is 0 Å². The standard InChI is InChI=1S/C49H48O14/c1-3-43(50)57-29-7-5-27-55-38-20-14-35(15-21-38)34-12-9-33(10-13-34)11-26-45(52)62-41-31-59-47-42(32-60-46(41)47)63-49(54)37-18-24-40(25-19-37)61-48(53)36-16-22-39(23-17-36)56-28-6-8-30-58-44(51)4-2/h3-4,9-26,41-42,46-47H,1-2,5-8,27-32H2/t41-,42+,46-,47-/m1/s1. The first-order valence-corrected chi connectivity index (χ1v) is 20.5. The molecule has 14 nitrogen and oxygen atoms in total. The van der Waals surface area contributed by atoms with Crippen LogP contribution in [-0.2, 0) is 42.8 Å². The van der Waals surface area contributed by atoms with Crippen LogP contribution in [0, 0.1) is 0 Å². The Kier molecular flexibility index (Phi) is 16.8. The highest BCUT2D eigenvalue weighted by atomic mass is 16.7. The number of fused-ring (bicyclic) bond motifs is 1. The van der Waals surface area contributed by atoms with Crippen molar-refractivity contribution in [1.29, 1.82) is 0 Å². The molecule has 2 aliphatic heterocycles. The van der Waals surface area contributed by atoms with Crippen LogP contribution in [0.5, 0.6) is 17.2 Å². The van der Waals surface area contributed by atoms with Crippen LogP contribution in [0.25, 0.3) is 17.2 Å². The molecule has 63 heavy (non-hydrogen) atoms. The first kappa shape index (κ1) is 45.5. The fourth-order valence-corrected chi connectivity index (χ4v) is 6.48. The van der Waals surface area contributed by atoms with Crippen molar-refractivity contribution in [2.75, 3.05) is 39.6 Å². The maximum Gasteiger partial charge on any atom is 0.343 e. The Morgan fingerprint density at radius 3 is 1.49 bits per heavy atom. The van der Waals surface area contributed by atoms with Gasteiger partial charge in [0.05, 0.1) is 50.8 Å². The number of benzene rings is 4. The van der Waals surface area contributed by atoms with Gasteiger partial charge in [0.1, 0.15) is 29.5 Å². The van der Waals surface area contributed by atoms with Crippen LogP contribution in [0.1, 0.15) is 52.0 Å². The van der Waals surface area contributed by atoms with Crippen LogP contribution < -0.4 is 14.2 Å². The summed E-state index contributed by atoms with van der Waals surface area (Å²) >= 11 is 0. The molecular formula is C49H48O14. The third-order valence-corrected chi connectivity index (χ3v) is 9.83. The van der Waals surface area contributed by atoms with E-state index < -0.39 is 54.3 Å². The van der Waals surface area contributed by atoms with Crippen LogP contribution in [0.2, 0.25) is 0 Å². The van der Waals surface area contributed by atoms with Gasteiger partial charge in [0, 0.05) is 18.2 Å². The van der Waals surface area contributed by atoms with Gasteiger partial charge >= 0.3 is 29.8 Å². The molecule has 0 saturated carbocycles. The molecule has 0 radical (unpaired) electrons. The number of unbranched alkanes of at least 4 members (excludes halogenated alkanes) is 2. The molecule has 0 amide bonds. The largest absolute Gasteiger partial charge is 0.494 e. The van der Waals surface area contributed by atoms with Crippen molar-refractivity contribution in [3.05, 3.63) is 145 Å². The van der Waals surface area contributed by atoms with E-state index in [4.69, 9.17) is 42.6 Å². The zero-order chi connectivity index (χ0) is 44.4. The average Bonchev–Trinajstić information content (AvgIpc) is 3.91. The van der Waals surface area contributed by atoms with Gasteiger partial charge in [-0.2, -0.15) is 0 Å². The maximum absolute atomic E-state index is 13.0. The second kappa shape index (κ2) is 23.3. The molecule has 0 unspecified atom stereocenters. The summed E-state index contributed by atoms with van der Waals surface area (Å²) in [5, 5.41) is 0. The molecule has 2 aliphatic rings. The lowest BCUT2D eigenvalue weighted by atomic mass is 10.0. The van der Waals surface area contributed by atoms with Crippen LogP contribution in [0.15, 0.2) is 128 Å². The van der Waals surface area contributed by atoms with Gasteiger partial charge in [-0.25, -0.2) is 24.0 Å². The highest BCUT2D eigenvalue weighted by Gasteiger charge is 2.51. The van der Waals surface area contributed by atoms with Crippen molar-refractivity contribution >= 4 is 35.9 Å². The van der Waals surface area contributed by atoms with Crippen molar-refractivity contribution in [3.8, 4) is 28.4 Å². The van der Waals surface area contributed by atoms with Crippen LogP contribution >= 0.6 is 0 Å². The van der Waals surface area contributed by atoms with E-state index in [1.807, 2.05) is 48.5 Å². The van der Waals surface area contributed by atoms with E-state index in [1.165, 1.54) is 30.3 Å². The number of carbonyl (C=O) groups is 5. The second-order valence-corrected chi connectivity index (χ2v) is 14.3. The number of hydrogen-bond acceptors (Lipinski definition) is 14. The summed E-state index contributed by atoms with van der Waals surface area (Å²) in [5.74, 6) is -1.11. The lowest BCUT2D eigenvalue weighted by Gasteiger charge is -2.17. The summed E-state index contributed by atoms with van der Waals surface area (Å²) in [7, 11) is 0. The molecule has 2 heterocycles. The van der Waals surface area contributed by atoms with Crippen LogP contribution in [-0.4, -0.2) is 93.9 Å². The molecule has 14 heteroatoms. The minimum Gasteiger partial charge on any atom is -0.494 e. The monoisotopic (exact) mass is 860 g/mol. The van der Waals surface area contributed by atoms with Crippen LogP contribution in [0.4, 0.5) is 0 Å². The number of rotatable bonds is 22. The van der Waals surface area contributed by atoms with Crippen molar-refractivity contribution in [2.45, 2.75) is 50.1 Å². The third kappa shape index (κ3) is 13.7. The molecule has 2 saturated heterocycles. The topological polar surface area (TPSA) is 168 Å². The predicted molar refractivity (Wildman–Crippen MR) is 229 cm³/mol. The summed E-state index contributed by atoms with van der Waals surface area (Å²) in [4.78, 5) is 60.7. The quantitative estimate of drug-likeness (QED) is 0.0254. The number of ether oxygens (including phenoxy) is 9. The Hall–Kier alpha value is -7.03. The Morgan fingerprint density at radius 1 is 0.524 bits per heavy atom. The highest BCUT2D eigenvalue weighted by molar-refractivity contribution is 5.92. The van der Waals surface area contributed by atoms with Gasteiger partial charge in [0.2, 0.25) is 0 Å². The SMILES string of the molecule is C=CC(=O)OCCCCOc1ccc(C(=O)Oc2ccc(C(=O)O[C@H]3CO[C@H]4[C@@H]3OC[C@H]4OC(=O)C=Cc3ccc(-c4ccc(OCCCCOC(=O)C=C)cc4)cc3)cc2)cc1. The van der Waals surface area contributed by atoms with E-state index in [2.05, 4.69) is 13.2 Å². The van der Waals surface area contributed by atoms with Gasteiger partial charge in [-0.05, 0) is 109 Å². The minimum absolute atomic E-state index is 0.0659. The zero-order valence-electron chi connectivity index (χ0n) is 34.6. The molecule has 0 spiro atoms. The summed E-state index contributed by atoms with van der Waals surface area (Å²) in [6.07, 6.45) is 5.40. The fraction of sp³-hybridized carbons (Fsp3) is 0.286. The molecular weight excluding hydrogens is 813 g/mol. The van der Waals surface area contributed by atoms with Crippen molar-refractivity contribution in [2.24, 2.45) is 0 Å². The molecule has 4 atom stereocenters. The van der Waals surface area contributed by atoms with Crippen molar-refractivity contribution in [1.82, 2.24) is 0 Å². The van der Waals surface area contributed by atoms with Gasteiger partial charge in [-0.3, -0.25) is 0 Å². The second-order valence-electron chi connectivity index (χ2n) is 14.3. The Balaban J connectivity index is 0.884. The lowest BCUT2D eigenvalue weighted by molar-refractivity contribution is -0.147.